The minimum atomic E-state index is -0.483. The fourth-order valence-electron chi connectivity index (χ4n) is 3.23. The van der Waals surface area contributed by atoms with Gasteiger partial charge in [-0.25, -0.2) is 4.79 Å². The molecule has 5 nitrogen and oxygen atoms in total. The lowest BCUT2D eigenvalue weighted by Crippen LogP contribution is -2.43. The molecule has 2 aromatic rings. The summed E-state index contributed by atoms with van der Waals surface area (Å²) < 4.78 is 5.39. The largest absolute Gasteiger partial charge is 0.445 e. The first-order valence-electron chi connectivity index (χ1n) is 9.05. The van der Waals surface area contributed by atoms with E-state index in [2.05, 4.69) is 5.32 Å². The van der Waals surface area contributed by atoms with Crippen LogP contribution in [0.2, 0.25) is 0 Å². The third kappa shape index (κ3) is 4.23. The summed E-state index contributed by atoms with van der Waals surface area (Å²) in [4.78, 5) is 26.7. The maximum absolute atomic E-state index is 12.7. The van der Waals surface area contributed by atoms with E-state index in [0.717, 1.165) is 29.7 Å². The fraction of sp³-hybridized carbons (Fsp3) is 0.333. The highest BCUT2D eigenvalue weighted by atomic mass is 16.6. The summed E-state index contributed by atoms with van der Waals surface area (Å²) in [6, 6.07) is 16.8. The number of hydrogen-bond acceptors (Lipinski definition) is 3. The number of nitrogens with zero attached hydrogens (tertiary/aromatic N) is 1. The molecule has 2 aromatic carbocycles. The van der Waals surface area contributed by atoms with Gasteiger partial charge in [0.15, 0.2) is 0 Å². The van der Waals surface area contributed by atoms with Crippen LogP contribution < -0.4 is 5.32 Å². The number of para-hydroxylation sites is 1. The van der Waals surface area contributed by atoms with Gasteiger partial charge in [-0.1, -0.05) is 55.5 Å². The summed E-state index contributed by atoms with van der Waals surface area (Å²) in [7, 11) is 0. The third-order valence-electron chi connectivity index (χ3n) is 4.65. The molecule has 0 aliphatic carbocycles. The van der Waals surface area contributed by atoms with Gasteiger partial charge in [0, 0.05) is 12.2 Å². The highest BCUT2D eigenvalue weighted by Gasteiger charge is 2.35. The number of anilines is 1. The van der Waals surface area contributed by atoms with Gasteiger partial charge in [0.25, 0.3) is 0 Å². The summed E-state index contributed by atoms with van der Waals surface area (Å²) >= 11 is 0. The lowest BCUT2D eigenvalue weighted by Gasteiger charge is -2.23. The Labute approximate surface area is 154 Å². The summed E-state index contributed by atoms with van der Waals surface area (Å²) in [5.41, 5.74) is 2.82. The second-order valence-electron chi connectivity index (χ2n) is 6.39. The van der Waals surface area contributed by atoms with Crippen LogP contribution in [0, 0.1) is 0 Å². The van der Waals surface area contributed by atoms with Crippen molar-refractivity contribution in [3.63, 3.8) is 0 Å². The molecular weight excluding hydrogens is 328 g/mol. The molecule has 1 fully saturated rings. The van der Waals surface area contributed by atoms with Crippen LogP contribution in [0.4, 0.5) is 10.5 Å². The predicted molar refractivity (Wildman–Crippen MR) is 101 cm³/mol. The van der Waals surface area contributed by atoms with E-state index < -0.39 is 12.1 Å². The minimum Gasteiger partial charge on any atom is -0.445 e. The number of likely N-dealkylation sites (tertiary alicyclic amines) is 1. The van der Waals surface area contributed by atoms with Crippen molar-refractivity contribution in [2.24, 2.45) is 0 Å². The second-order valence-corrected chi connectivity index (χ2v) is 6.39. The van der Waals surface area contributed by atoms with Crippen LogP contribution in [-0.4, -0.2) is 29.5 Å². The van der Waals surface area contributed by atoms with E-state index in [-0.39, 0.29) is 12.5 Å². The molecular formula is C21H24N2O3. The van der Waals surface area contributed by atoms with E-state index in [9.17, 15) is 9.59 Å². The average molecular weight is 352 g/mol. The molecule has 3 rings (SSSR count). The van der Waals surface area contributed by atoms with Crippen LogP contribution in [0.25, 0.3) is 0 Å². The summed E-state index contributed by atoms with van der Waals surface area (Å²) in [6.07, 6.45) is 1.86. The van der Waals surface area contributed by atoms with E-state index in [0.29, 0.717) is 13.0 Å². The lowest BCUT2D eigenvalue weighted by atomic mass is 10.1. The van der Waals surface area contributed by atoms with Crippen LogP contribution in [0.15, 0.2) is 54.6 Å². The Morgan fingerprint density at radius 1 is 1.12 bits per heavy atom. The highest BCUT2D eigenvalue weighted by molar-refractivity contribution is 5.97. The van der Waals surface area contributed by atoms with Crippen LogP contribution in [0.1, 0.15) is 30.9 Å². The molecule has 1 N–H and O–H groups in total. The monoisotopic (exact) mass is 352 g/mol. The van der Waals surface area contributed by atoms with Crippen molar-refractivity contribution >= 4 is 17.7 Å². The lowest BCUT2D eigenvalue weighted by molar-refractivity contribution is -0.120. The molecule has 0 aromatic heterocycles. The zero-order valence-electron chi connectivity index (χ0n) is 15.0. The van der Waals surface area contributed by atoms with Gasteiger partial charge in [-0.2, -0.15) is 0 Å². The summed E-state index contributed by atoms with van der Waals surface area (Å²) in [6.45, 7) is 2.80. The first kappa shape index (κ1) is 18.0. The maximum atomic E-state index is 12.7. The van der Waals surface area contributed by atoms with Crippen LogP contribution in [0.3, 0.4) is 0 Å². The molecule has 0 spiro atoms. The molecule has 0 radical (unpaired) electrons. The van der Waals surface area contributed by atoms with Gasteiger partial charge in [-0.3, -0.25) is 9.69 Å². The van der Waals surface area contributed by atoms with Crippen molar-refractivity contribution in [2.45, 2.75) is 38.8 Å². The molecule has 1 heterocycles. The molecule has 1 unspecified atom stereocenters. The van der Waals surface area contributed by atoms with Crippen LogP contribution in [0.5, 0.6) is 0 Å². The molecule has 136 valence electrons. The van der Waals surface area contributed by atoms with Gasteiger partial charge in [-0.15, -0.1) is 0 Å². The molecule has 5 heteroatoms. The van der Waals surface area contributed by atoms with Gasteiger partial charge in [0.05, 0.1) is 0 Å². The molecule has 26 heavy (non-hydrogen) atoms. The van der Waals surface area contributed by atoms with E-state index in [1.807, 2.05) is 61.5 Å². The number of hydrogen-bond donors (Lipinski definition) is 1. The highest BCUT2D eigenvalue weighted by Crippen LogP contribution is 2.22. The second kappa shape index (κ2) is 8.52. The summed E-state index contributed by atoms with van der Waals surface area (Å²) in [5.74, 6) is -0.153. The number of carbonyl (C=O) groups is 2. The Morgan fingerprint density at radius 2 is 1.85 bits per heavy atom. The smallest absolute Gasteiger partial charge is 0.410 e. The zero-order valence-corrected chi connectivity index (χ0v) is 15.0. The van der Waals surface area contributed by atoms with E-state index >= 15 is 0 Å². The van der Waals surface area contributed by atoms with Gasteiger partial charge in [-0.05, 0) is 36.5 Å². The number of amides is 2. The number of ether oxygens (including phenoxy) is 1. The van der Waals surface area contributed by atoms with E-state index in [1.54, 1.807) is 0 Å². The quantitative estimate of drug-likeness (QED) is 0.885. The molecule has 0 saturated carbocycles. The van der Waals surface area contributed by atoms with E-state index in [4.69, 9.17) is 4.74 Å². The molecule has 1 saturated heterocycles. The first-order chi connectivity index (χ1) is 12.7. The summed E-state index contributed by atoms with van der Waals surface area (Å²) in [5, 5.41) is 2.97. The Kier molecular flexibility index (Phi) is 5.89. The fourth-order valence-corrected chi connectivity index (χ4v) is 3.23. The normalized spacial score (nSPS) is 16.3. The predicted octanol–water partition coefficient (Wildman–Crippen LogP) is 3.99. The van der Waals surface area contributed by atoms with Crippen molar-refractivity contribution in [1.29, 1.82) is 0 Å². The molecule has 2 amide bonds. The number of benzene rings is 2. The van der Waals surface area contributed by atoms with Gasteiger partial charge < -0.3 is 10.1 Å². The molecule has 1 aliphatic rings. The Balaban J connectivity index is 1.61. The Bertz CT molecular complexity index is 761. The van der Waals surface area contributed by atoms with Gasteiger partial charge in [0.1, 0.15) is 12.6 Å². The third-order valence-corrected chi connectivity index (χ3v) is 4.65. The van der Waals surface area contributed by atoms with Crippen LogP contribution in [-0.2, 0) is 22.6 Å². The van der Waals surface area contributed by atoms with Crippen molar-refractivity contribution in [1.82, 2.24) is 4.90 Å². The minimum absolute atomic E-state index is 0.153. The van der Waals surface area contributed by atoms with E-state index in [1.165, 1.54) is 4.90 Å². The Morgan fingerprint density at radius 3 is 2.62 bits per heavy atom. The maximum Gasteiger partial charge on any atom is 0.410 e. The average Bonchev–Trinajstić information content (AvgIpc) is 3.17. The van der Waals surface area contributed by atoms with Gasteiger partial charge >= 0.3 is 6.09 Å². The zero-order chi connectivity index (χ0) is 18.4. The number of rotatable bonds is 5. The first-order valence-corrected chi connectivity index (χ1v) is 9.05. The molecule has 0 bridgehead atoms. The van der Waals surface area contributed by atoms with Crippen LogP contribution >= 0.6 is 0 Å². The van der Waals surface area contributed by atoms with Crippen molar-refractivity contribution in [3.05, 3.63) is 65.7 Å². The van der Waals surface area contributed by atoms with Crippen molar-refractivity contribution in [3.8, 4) is 0 Å². The molecule has 1 aliphatic heterocycles. The molecule has 1 atom stereocenters. The number of nitrogens with one attached hydrogen (secondary N) is 1. The van der Waals surface area contributed by atoms with Gasteiger partial charge in [0.2, 0.25) is 5.91 Å². The number of carbonyl (C=O) groups excluding carboxylic acids is 2. The SMILES string of the molecule is CCc1ccccc1NC(=O)C1CCCN1C(=O)OCc1ccccc1. The number of aryl methyl sites for hydroxylation is 1. The Hall–Kier alpha value is -2.82. The standard InChI is InChI=1S/C21H24N2O3/c1-2-17-11-6-7-12-18(17)22-20(24)19-13-8-14-23(19)21(25)26-15-16-9-4-3-5-10-16/h3-7,9-12,19H,2,8,13-15H2,1H3,(H,22,24). The topological polar surface area (TPSA) is 58.6 Å². The van der Waals surface area contributed by atoms with Crippen molar-refractivity contribution < 1.29 is 14.3 Å². The van der Waals surface area contributed by atoms with Crippen molar-refractivity contribution in [2.75, 3.05) is 11.9 Å².